The Labute approximate surface area is 366 Å². The fourth-order valence-corrected chi connectivity index (χ4v) is 7.40. The number of aryl methyl sites for hydroxylation is 2. The first-order valence-electron chi connectivity index (χ1n) is 23.4. The van der Waals surface area contributed by atoms with E-state index in [1.165, 1.54) is 153 Å². The van der Waals surface area contributed by atoms with E-state index in [2.05, 4.69) is 80.0 Å². The molecule has 2 nitrogen and oxygen atoms in total. The van der Waals surface area contributed by atoms with Crippen LogP contribution in [-0.2, 0) is 33.3 Å². The van der Waals surface area contributed by atoms with Gasteiger partial charge in [-0.3, -0.25) is 4.99 Å². The van der Waals surface area contributed by atoms with Crippen LogP contribution in [-0.4, -0.2) is 11.4 Å². The van der Waals surface area contributed by atoms with Gasteiger partial charge in [-0.05, 0) is 61.3 Å². The molecule has 0 aliphatic carbocycles. The van der Waals surface area contributed by atoms with Crippen LogP contribution in [0.2, 0.25) is 0 Å². The molecule has 0 bridgehead atoms. The summed E-state index contributed by atoms with van der Waals surface area (Å²) in [6, 6.07) is 16.6. The van der Waals surface area contributed by atoms with Gasteiger partial charge in [-0.25, -0.2) is 4.99 Å². The Balaban J connectivity index is 0.0000162. The molecule has 2 aromatic rings. The number of aliphatic imine (C=N–C) groups is 2. The van der Waals surface area contributed by atoms with Crippen molar-refractivity contribution in [2.24, 2.45) is 9.98 Å². The molecule has 0 saturated heterocycles. The molecule has 0 saturated carbocycles. The van der Waals surface area contributed by atoms with E-state index >= 15 is 0 Å². The van der Waals surface area contributed by atoms with Crippen molar-refractivity contribution in [3.8, 4) is 36.5 Å². The van der Waals surface area contributed by atoms with E-state index in [1.54, 1.807) is 0 Å². The Morgan fingerprint density at radius 1 is 0.456 bits per heavy atom. The number of hydrogen-bond donors (Lipinski definition) is 0. The van der Waals surface area contributed by atoms with Crippen molar-refractivity contribution in [3.63, 3.8) is 0 Å². The van der Waals surface area contributed by atoms with E-state index in [-0.39, 0.29) is 20.4 Å². The second-order valence-electron chi connectivity index (χ2n) is 16.0. The van der Waals surface area contributed by atoms with Gasteiger partial charge in [-0.15, -0.1) is 24.7 Å². The van der Waals surface area contributed by atoms with Gasteiger partial charge in [0.25, 0.3) is 0 Å². The Morgan fingerprint density at radius 2 is 0.825 bits per heavy atom. The minimum Gasteiger partial charge on any atom is -0.250 e. The fourth-order valence-electron chi connectivity index (χ4n) is 7.40. The van der Waals surface area contributed by atoms with Crippen molar-refractivity contribution >= 4 is 22.8 Å². The first-order chi connectivity index (χ1) is 27.7. The second-order valence-corrected chi connectivity index (χ2v) is 16.0. The van der Waals surface area contributed by atoms with Crippen LogP contribution in [0, 0.1) is 36.5 Å². The third kappa shape index (κ3) is 27.4. The standard InChI is InChI=1S/C54H80N2.Pd/c1-5-9-13-14-15-16-17-18-19-20-21-22-23-24-25-26-27-28-29-30-31-32-33-34-35-36-48-54(56-52-47-40-38-44-50(52)42-11-7-3)53(45-12-8-4)55-51-46-39-37-43-49(51)41-10-6-2;/h2-3,37-40,43-44,46-47H,5,8-35,41-42,45H2,1,4H3;. The zero-order chi connectivity index (χ0) is 40.0. The summed E-state index contributed by atoms with van der Waals surface area (Å²) in [5.41, 5.74) is 5.96. The summed E-state index contributed by atoms with van der Waals surface area (Å²) in [7, 11) is 0. The summed E-state index contributed by atoms with van der Waals surface area (Å²) in [6.45, 7) is 4.52. The van der Waals surface area contributed by atoms with E-state index in [0.29, 0.717) is 12.8 Å². The molecule has 0 fully saturated rings. The predicted octanol–water partition coefficient (Wildman–Crippen LogP) is 16.6. The van der Waals surface area contributed by atoms with Gasteiger partial charge in [-0.2, -0.15) is 0 Å². The average molecular weight is 864 g/mol. The molecule has 0 aliphatic heterocycles. The Morgan fingerprint density at radius 3 is 1.23 bits per heavy atom. The van der Waals surface area contributed by atoms with Crippen LogP contribution in [0.1, 0.15) is 218 Å². The molecule has 0 N–H and O–H groups in total. The van der Waals surface area contributed by atoms with Crippen LogP contribution in [0.15, 0.2) is 58.5 Å². The van der Waals surface area contributed by atoms with Gasteiger partial charge >= 0.3 is 0 Å². The molecule has 0 unspecified atom stereocenters. The number of unbranched alkanes of at least 4 members (excludes halogenated alkanes) is 25. The topological polar surface area (TPSA) is 24.7 Å². The number of rotatable bonds is 34. The molecule has 2 rings (SSSR count). The summed E-state index contributed by atoms with van der Waals surface area (Å²) >= 11 is 0. The average Bonchev–Trinajstić information content (AvgIpc) is 3.22. The molecule has 3 heteroatoms. The summed E-state index contributed by atoms with van der Waals surface area (Å²) in [5.74, 6) is 12.6. The van der Waals surface area contributed by atoms with E-state index in [1.807, 2.05) is 6.07 Å². The van der Waals surface area contributed by atoms with E-state index in [0.717, 1.165) is 73.3 Å². The third-order valence-electron chi connectivity index (χ3n) is 11.0. The fraction of sp³-hybridized carbons (Fsp3) is 0.630. The Hall–Kier alpha value is -2.88. The van der Waals surface area contributed by atoms with E-state index < -0.39 is 0 Å². The summed E-state index contributed by atoms with van der Waals surface area (Å²) in [5, 5.41) is 0. The minimum absolute atomic E-state index is 0. The molecule has 2 aromatic carbocycles. The van der Waals surface area contributed by atoms with Crippen molar-refractivity contribution in [3.05, 3.63) is 59.7 Å². The monoisotopic (exact) mass is 863 g/mol. The van der Waals surface area contributed by atoms with E-state index in [9.17, 15) is 0 Å². The van der Waals surface area contributed by atoms with Crippen LogP contribution < -0.4 is 0 Å². The molecule has 316 valence electrons. The zero-order valence-corrected chi connectivity index (χ0v) is 38.2. The SMILES string of the molecule is C#CCCc1ccccc1N=C(C#CCCCCCCCCCCCCCCCCCCCCCCCCCC)C(CCCC)=Nc1ccccc1CCC#C.[Pd]. The summed E-state index contributed by atoms with van der Waals surface area (Å²) in [4.78, 5) is 10.4. The predicted molar refractivity (Wildman–Crippen MR) is 250 cm³/mol. The largest absolute Gasteiger partial charge is 0.250 e. The van der Waals surface area contributed by atoms with Crippen LogP contribution in [0.25, 0.3) is 0 Å². The molecule has 57 heavy (non-hydrogen) atoms. The molecule has 0 amide bonds. The normalized spacial score (nSPS) is 11.4. The molecule has 0 spiro atoms. The maximum Gasteiger partial charge on any atom is 0.135 e. The molecule has 0 aliphatic rings. The van der Waals surface area contributed by atoms with Crippen molar-refractivity contribution in [2.75, 3.05) is 0 Å². The Bertz CT molecular complexity index is 1480. The van der Waals surface area contributed by atoms with Crippen molar-refractivity contribution in [1.82, 2.24) is 0 Å². The van der Waals surface area contributed by atoms with Crippen molar-refractivity contribution in [2.45, 2.75) is 219 Å². The van der Waals surface area contributed by atoms with Crippen LogP contribution in [0.4, 0.5) is 11.4 Å². The van der Waals surface area contributed by atoms with Gasteiger partial charge < -0.3 is 0 Å². The molecule has 0 aromatic heterocycles. The smallest absolute Gasteiger partial charge is 0.135 e. The molecule has 0 heterocycles. The van der Waals surface area contributed by atoms with Crippen LogP contribution >= 0.6 is 0 Å². The number of nitrogens with zero attached hydrogens (tertiary/aromatic N) is 2. The molecule has 0 radical (unpaired) electrons. The molecule has 0 atom stereocenters. The maximum atomic E-state index is 5.63. The van der Waals surface area contributed by atoms with Gasteiger partial charge in [0.05, 0.1) is 17.1 Å². The second kappa shape index (κ2) is 38.6. The van der Waals surface area contributed by atoms with Crippen LogP contribution in [0.5, 0.6) is 0 Å². The third-order valence-corrected chi connectivity index (χ3v) is 11.0. The van der Waals surface area contributed by atoms with Gasteiger partial charge in [0, 0.05) is 39.7 Å². The summed E-state index contributed by atoms with van der Waals surface area (Å²) in [6.07, 6.45) is 51.9. The maximum absolute atomic E-state index is 5.63. The van der Waals surface area contributed by atoms with Gasteiger partial charge in [0.1, 0.15) is 5.71 Å². The number of para-hydroxylation sites is 2. The number of terminal acetylenes is 2. The van der Waals surface area contributed by atoms with Gasteiger partial charge in [0.15, 0.2) is 0 Å². The Kier molecular flexibility index (Phi) is 35.3. The zero-order valence-electron chi connectivity index (χ0n) is 36.6. The number of benzene rings is 2. The first kappa shape index (κ1) is 52.1. The number of hydrogen-bond acceptors (Lipinski definition) is 2. The van der Waals surface area contributed by atoms with Gasteiger partial charge in [-0.1, -0.05) is 210 Å². The van der Waals surface area contributed by atoms with E-state index in [4.69, 9.17) is 22.8 Å². The van der Waals surface area contributed by atoms with Crippen molar-refractivity contribution in [1.29, 1.82) is 0 Å². The summed E-state index contributed by atoms with van der Waals surface area (Å²) < 4.78 is 0. The van der Waals surface area contributed by atoms with Crippen LogP contribution in [0.3, 0.4) is 0 Å². The van der Waals surface area contributed by atoms with Crippen molar-refractivity contribution < 1.29 is 20.4 Å². The molecular weight excluding hydrogens is 783 g/mol. The molecular formula is C54H80N2Pd. The minimum atomic E-state index is 0. The first-order valence-corrected chi connectivity index (χ1v) is 23.4. The van der Waals surface area contributed by atoms with Gasteiger partial charge in [0.2, 0.25) is 0 Å². The quantitative estimate of drug-likeness (QED) is 0.0290.